The third kappa shape index (κ3) is 3.44. The van der Waals surface area contributed by atoms with Gasteiger partial charge in [0, 0.05) is 5.92 Å². The van der Waals surface area contributed by atoms with E-state index >= 15 is 0 Å². The Hall–Kier alpha value is -2.04. The summed E-state index contributed by atoms with van der Waals surface area (Å²) in [4.78, 5) is 31.5. The van der Waals surface area contributed by atoms with E-state index in [1.807, 2.05) is 6.92 Å². The summed E-state index contributed by atoms with van der Waals surface area (Å²) in [5.74, 6) is -1.39. The predicted molar refractivity (Wildman–Crippen MR) is 95.8 cm³/mol. The van der Waals surface area contributed by atoms with Crippen molar-refractivity contribution in [3.63, 3.8) is 0 Å². The molecule has 3 heterocycles. The number of nitrogen functional groups attached to an aromatic ring is 1. The van der Waals surface area contributed by atoms with E-state index in [1.54, 1.807) is 6.92 Å². The fourth-order valence-corrected chi connectivity index (χ4v) is 4.37. The van der Waals surface area contributed by atoms with Crippen LogP contribution in [0, 0.1) is 11.8 Å². The van der Waals surface area contributed by atoms with Crippen molar-refractivity contribution in [1.29, 1.82) is 0 Å². The zero-order chi connectivity index (χ0) is 19.0. The van der Waals surface area contributed by atoms with Gasteiger partial charge < -0.3 is 20.7 Å². The zero-order valence-corrected chi connectivity index (χ0v) is 15.3. The Morgan fingerprint density at radius 1 is 1.58 bits per heavy atom. The van der Waals surface area contributed by atoms with E-state index in [0.717, 1.165) is 11.3 Å². The van der Waals surface area contributed by atoms with Gasteiger partial charge in [-0.3, -0.25) is 14.2 Å². The molecule has 0 spiro atoms. The van der Waals surface area contributed by atoms with Crippen molar-refractivity contribution in [1.82, 2.24) is 14.5 Å². The van der Waals surface area contributed by atoms with E-state index in [4.69, 9.17) is 15.6 Å². The monoisotopic (exact) mass is 382 g/mol. The summed E-state index contributed by atoms with van der Waals surface area (Å²) in [5.41, 5.74) is 6.03. The number of aliphatic hydroxyl groups excluding tert-OH is 1. The molecule has 0 aliphatic carbocycles. The average Bonchev–Trinajstić information content (AvgIpc) is 3.12. The summed E-state index contributed by atoms with van der Waals surface area (Å²) in [7, 11) is 0. The molecule has 4 N–H and O–H groups in total. The van der Waals surface area contributed by atoms with Crippen LogP contribution in [-0.2, 0) is 9.53 Å². The van der Waals surface area contributed by atoms with Crippen molar-refractivity contribution < 1.29 is 19.7 Å². The topological polar surface area (TPSA) is 141 Å². The standard InChI is InChI=1S/C16H22N4O5S/c1-3-8(4-12(22)23)10-5-9(7(2)21)14(25-10)20-13-11(26-16(20)24)6-18-15(17)19-13/h6-10,14,21H,3-5H2,1-2H3,(H,22,23)(H2,17,18,19)/t7-,8+,9+,10+,14-/m1/s1. The van der Waals surface area contributed by atoms with Gasteiger partial charge in [-0.1, -0.05) is 24.7 Å². The lowest BCUT2D eigenvalue weighted by Crippen LogP contribution is -2.29. The molecule has 10 heteroatoms. The number of thiazole rings is 1. The molecule has 0 saturated carbocycles. The molecule has 0 aromatic carbocycles. The second-order valence-electron chi connectivity index (χ2n) is 6.63. The largest absolute Gasteiger partial charge is 0.481 e. The molecule has 1 fully saturated rings. The maximum Gasteiger partial charge on any atom is 0.311 e. The first-order valence-corrected chi connectivity index (χ1v) is 9.32. The Kier molecular flexibility index (Phi) is 5.26. The highest BCUT2D eigenvalue weighted by molar-refractivity contribution is 7.16. The van der Waals surface area contributed by atoms with Crippen LogP contribution in [0.3, 0.4) is 0 Å². The fourth-order valence-electron chi connectivity index (χ4n) is 3.55. The molecule has 3 rings (SSSR count). The van der Waals surface area contributed by atoms with E-state index in [9.17, 15) is 14.7 Å². The molecule has 5 atom stereocenters. The molecule has 1 aliphatic heterocycles. The van der Waals surface area contributed by atoms with E-state index in [2.05, 4.69) is 9.97 Å². The Morgan fingerprint density at radius 3 is 2.92 bits per heavy atom. The molecule has 9 nitrogen and oxygen atoms in total. The Bertz CT molecular complexity index is 864. The Labute approximate surface area is 153 Å². The van der Waals surface area contributed by atoms with Gasteiger partial charge in [-0.25, -0.2) is 4.98 Å². The van der Waals surface area contributed by atoms with E-state index in [-0.39, 0.29) is 35.2 Å². The molecule has 1 aliphatic rings. The smallest absolute Gasteiger partial charge is 0.311 e. The summed E-state index contributed by atoms with van der Waals surface area (Å²) in [6.07, 6.45) is 0.759. The van der Waals surface area contributed by atoms with E-state index in [1.165, 1.54) is 10.8 Å². The maximum atomic E-state index is 12.5. The molecule has 0 unspecified atom stereocenters. The molecule has 1 saturated heterocycles. The number of aliphatic hydroxyl groups is 1. The van der Waals surface area contributed by atoms with Crippen molar-refractivity contribution >= 4 is 33.6 Å². The van der Waals surface area contributed by atoms with E-state index in [0.29, 0.717) is 23.2 Å². The van der Waals surface area contributed by atoms with Gasteiger partial charge in [0.2, 0.25) is 5.95 Å². The number of rotatable bonds is 6. The van der Waals surface area contributed by atoms with Crippen molar-refractivity contribution in [2.45, 2.75) is 51.5 Å². The fraction of sp³-hybridized carbons (Fsp3) is 0.625. The number of carboxylic acid groups (broad SMARTS) is 1. The second-order valence-corrected chi connectivity index (χ2v) is 7.62. The van der Waals surface area contributed by atoms with E-state index < -0.39 is 18.3 Å². The lowest BCUT2D eigenvalue weighted by Gasteiger charge is -2.22. The van der Waals surface area contributed by atoms with Crippen LogP contribution in [0.4, 0.5) is 5.95 Å². The summed E-state index contributed by atoms with van der Waals surface area (Å²) in [5, 5.41) is 19.4. The molecular weight excluding hydrogens is 360 g/mol. The molecule has 2 aromatic heterocycles. The molecule has 0 bridgehead atoms. The van der Waals surface area contributed by atoms with Crippen molar-refractivity contribution in [2.75, 3.05) is 5.73 Å². The number of fused-ring (bicyclic) bond motifs is 1. The first-order chi connectivity index (χ1) is 12.3. The number of hydrogen-bond acceptors (Lipinski definition) is 8. The van der Waals surface area contributed by atoms with Gasteiger partial charge in [0.15, 0.2) is 5.65 Å². The maximum absolute atomic E-state index is 12.5. The van der Waals surface area contributed by atoms with Gasteiger partial charge in [-0.05, 0) is 19.3 Å². The number of carbonyl (C=O) groups is 1. The van der Waals surface area contributed by atoms with Crippen LogP contribution in [0.15, 0.2) is 11.0 Å². The molecular formula is C16H22N4O5S. The van der Waals surface area contributed by atoms with Crippen molar-refractivity contribution in [2.24, 2.45) is 11.8 Å². The Balaban J connectivity index is 2.00. The van der Waals surface area contributed by atoms with Crippen LogP contribution in [0.25, 0.3) is 10.3 Å². The van der Waals surface area contributed by atoms with Crippen LogP contribution < -0.4 is 10.6 Å². The predicted octanol–water partition coefficient (Wildman–Crippen LogP) is 1.22. The quantitative estimate of drug-likeness (QED) is 0.677. The van der Waals surface area contributed by atoms with Crippen LogP contribution in [0.2, 0.25) is 0 Å². The first-order valence-electron chi connectivity index (χ1n) is 8.50. The lowest BCUT2D eigenvalue weighted by atomic mass is 9.89. The van der Waals surface area contributed by atoms with Crippen LogP contribution in [0.1, 0.15) is 39.3 Å². The summed E-state index contributed by atoms with van der Waals surface area (Å²) < 4.78 is 8.09. The number of carboxylic acids is 1. The lowest BCUT2D eigenvalue weighted by molar-refractivity contribution is -0.140. The number of aromatic nitrogens is 3. The van der Waals surface area contributed by atoms with Crippen molar-refractivity contribution in [3.8, 4) is 0 Å². The molecule has 0 radical (unpaired) electrons. The van der Waals surface area contributed by atoms with Gasteiger partial charge >= 0.3 is 10.8 Å². The molecule has 142 valence electrons. The highest BCUT2D eigenvalue weighted by Crippen LogP contribution is 2.41. The van der Waals surface area contributed by atoms with Crippen LogP contribution in [0.5, 0.6) is 0 Å². The molecule has 26 heavy (non-hydrogen) atoms. The van der Waals surface area contributed by atoms with Gasteiger partial charge in [0.25, 0.3) is 0 Å². The third-order valence-electron chi connectivity index (χ3n) is 4.92. The number of nitrogens with two attached hydrogens (primary N) is 1. The number of nitrogens with zero attached hydrogens (tertiary/aromatic N) is 3. The second kappa shape index (κ2) is 7.29. The highest BCUT2D eigenvalue weighted by atomic mass is 32.1. The normalized spacial score (nSPS) is 25.4. The highest BCUT2D eigenvalue weighted by Gasteiger charge is 2.43. The van der Waals surface area contributed by atoms with Crippen LogP contribution in [-0.4, -0.2) is 42.9 Å². The van der Waals surface area contributed by atoms with Crippen molar-refractivity contribution in [3.05, 3.63) is 15.9 Å². The molecule has 2 aromatic rings. The summed E-state index contributed by atoms with van der Waals surface area (Å²) in [6.45, 7) is 3.55. The number of ether oxygens (including phenoxy) is 1. The van der Waals surface area contributed by atoms with Crippen LogP contribution >= 0.6 is 11.3 Å². The molecule has 0 amide bonds. The number of aliphatic carboxylic acids is 1. The minimum Gasteiger partial charge on any atom is -0.481 e. The summed E-state index contributed by atoms with van der Waals surface area (Å²) in [6, 6.07) is 0. The zero-order valence-electron chi connectivity index (χ0n) is 14.5. The average molecular weight is 382 g/mol. The minimum absolute atomic E-state index is 0.0190. The number of anilines is 1. The summed E-state index contributed by atoms with van der Waals surface area (Å²) >= 11 is 0.985. The minimum atomic E-state index is -0.892. The third-order valence-corrected chi connectivity index (χ3v) is 5.80. The Morgan fingerprint density at radius 2 is 2.31 bits per heavy atom. The first kappa shape index (κ1) is 18.7. The van der Waals surface area contributed by atoms with Gasteiger partial charge in [0.05, 0.1) is 29.5 Å². The van der Waals surface area contributed by atoms with Gasteiger partial charge in [-0.15, -0.1) is 0 Å². The van der Waals surface area contributed by atoms with Gasteiger partial charge in [-0.2, -0.15) is 4.98 Å². The van der Waals surface area contributed by atoms with Gasteiger partial charge in [0.1, 0.15) is 6.23 Å². The number of hydrogen-bond donors (Lipinski definition) is 3. The SMILES string of the molecule is CC[C@@H](CC(=O)O)[C@@H]1C[C@@H]([C@@H](C)O)[C@H](n2c(=O)sc3cnc(N)nc32)O1.